The van der Waals surface area contributed by atoms with Crippen LogP contribution in [0.15, 0.2) is 138 Å². The summed E-state index contributed by atoms with van der Waals surface area (Å²) >= 11 is 7.46. The SMILES string of the molecule is Brc1cccc2c1ccc1ccc3c4ccccc4sc3c12.CC1(C)OB(c2cccc3c2ccc2ccc4c5ccccc5sc4c23)OC1(C)C. The molecular formula is C46H34BBrO2S2. The molecule has 2 aromatic heterocycles. The molecule has 10 aromatic rings. The van der Waals surface area contributed by atoms with Crippen LogP contribution in [0.25, 0.3) is 83.4 Å². The second-order valence-corrected chi connectivity index (χ2v) is 17.7. The molecule has 252 valence electrons. The van der Waals surface area contributed by atoms with Gasteiger partial charge in [0.1, 0.15) is 0 Å². The van der Waals surface area contributed by atoms with E-state index in [1.165, 1.54) is 83.4 Å². The van der Waals surface area contributed by atoms with Crippen LogP contribution in [0.3, 0.4) is 0 Å². The number of thiophene rings is 2. The van der Waals surface area contributed by atoms with Gasteiger partial charge in [-0.05, 0) is 83.7 Å². The summed E-state index contributed by atoms with van der Waals surface area (Å²) in [5.41, 5.74) is 0.399. The van der Waals surface area contributed by atoms with E-state index in [2.05, 4.69) is 177 Å². The van der Waals surface area contributed by atoms with Gasteiger partial charge in [-0.1, -0.05) is 131 Å². The van der Waals surface area contributed by atoms with Gasteiger partial charge in [-0.2, -0.15) is 0 Å². The first-order valence-electron chi connectivity index (χ1n) is 17.7. The molecule has 1 saturated heterocycles. The summed E-state index contributed by atoms with van der Waals surface area (Å²) in [6, 6.07) is 48.2. The van der Waals surface area contributed by atoms with E-state index >= 15 is 0 Å². The molecule has 8 aromatic carbocycles. The Morgan fingerprint density at radius 2 is 0.885 bits per heavy atom. The molecular weight excluding hydrogens is 739 g/mol. The van der Waals surface area contributed by atoms with Crippen LogP contribution in [0.1, 0.15) is 27.7 Å². The number of fused-ring (bicyclic) bond motifs is 14. The Balaban J connectivity index is 0.000000136. The van der Waals surface area contributed by atoms with Crippen LogP contribution >= 0.6 is 38.6 Å². The van der Waals surface area contributed by atoms with E-state index in [0.717, 1.165) is 9.94 Å². The Morgan fingerprint density at radius 1 is 0.442 bits per heavy atom. The zero-order valence-corrected chi connectivity index (χ0v) is 32.5. The Kier molecular flexibility index (Phi) is 7.38. The molecule has 1 aliphatic rings. The quantitative estimate of drug-likeness (QED) is 0.122. The van der Waals surface area contributed by atoms with Crippen molar-refractivity contribution in [3.05, 3.63) is 138 Å². The van der Waals surface area contributed by atoms with Crippen molar-refractivity contribution in [3.8, 4) is 0 Å². The second-order valence-electron chi connectivity index (χ2n) is 14.8. The van der Waals surface area contributed by atoms with Crippen molar-refractivity contribution in [1.29, 1.82) is 0 Å². The molecule has 0 aliphatic carbocycles. The minimum atomic E-state index is -0.363. The van der Waals surface area contributed by atoms with E-state index in [1.807, 2.05) is 22.7 Å². The van der Waals surface area contributed by atoms with Crippen LogP contribution in [0.4, 0.5) is 0 Å². The summed E-state index contributed by atoms with van der Waals surface area (Å²) in [7, 11) is -0.363. The molecule has 0 N–H and O–H groups in total. The average Bonchev–Trinajstić information content (AvgIpc) is 3.79. The summed E-state index contributed by atoms with van der Waals surface area (Å²) in [6.45, 7) is 8.42. The van der Waals surface area contributed by atoms with Crippen LogP contribution in [0.2, 0.25) is 0 Å². The molecule has 0 radical (unpaired) electrons. The van der Waals surface area contributed by atoms with Gasteiger partial charge in [-0.25, -0.2) is 0 Å². The summed E-state index contributed by atoms with van der Waals surface area (Å²) < 4.78 is 19.4. The monoisotopic (exact) mass is 772 g/mol. The molecule has 1 aliphatic heterocycles. The highest BCUT2D eigenvalue weighted by Gasteiger charge is 2.52. The van der Waals surface area contributed by atoms with Crippen molar-refractivity contribution < 1.29 is 9.31 Å². The molecule has 6 heteroatoms. The van der Waals surface area contributed by atoms with E-state index in [0.29, 0.717) is 0 Å². The number of hydrogen-bond donors (Lipinski definition) is 0. The lowest BCUT2D eigenvalue weighted by Crippen LogP contribution is -2.41. The Hall–Kier alpha value is -4.30. The van der Waals surface area contributed by atoms with Crippen LogP contribution in [-0.2, 0) is 9.31 Å². The first kappa shape index (κ1) is 32.4. The van der Waals surface area contributed by atoms with Gasteiger partial charge in [0.25, 0.3) is 0 Å². The summed E-state index contributed by atoms with van der Waals surface area (Å²) in [5.74, 6) is 0. The van der Waals surface area contributed by atoms with E-state index in [1.54, 1.807) is 0 Å². The molecule has 11 rings (SSSR count). The third-order valence-electron chi connectivity index (χ3n) is 11.3. The van der Waals surface area contributed by atoms with Crippen molar-refractivity contribution in [2.45, 2.75) is 38.9 Å². The highest BCUT2D eigenvalue weighted by Crippen LogP contribution is 2.43. The molecule has 0 unspecified atom stereocenters. The summed E-state index contributed by atoms with van der Waals surface area (Å²) in [6.07, 6.45) is 0. The van der Waals surface area contributed by atoms with Crippen molar-refractivity contribution >= 4 is 135 Å². The maximum absolute atomic E-state index is 6.39. The Morgan fingerprint density at radius 3 is 1.44 bits per heavy atom. The van der Waals surface area contributed by atoms with Crippen LogP contribution in [0, 0.1) is 0 Å². The van der Waals surface area contributed by atoms with Gasteiger partial charge in [-0.15, -0.1) is 22.7 Å². The second kappa shape index (κ2) is 11.9. The van der Waals surface area contributed by atoms with Crippen molar-refractivity contribution in [2.24, 2.45) is 0 Å². The lowest BCUT2D eigenvalue weighted by Gasteiger charge is -2.32. The minimum Gasteiger partial charge on any atom is -0.399 e. The topological polar surface area (TPSA) is 18.5 Å². The molecule has 1 fully saturated rings. The van der Waals surface area contributed by atoms with Gasteiger partial charge in [0.05, 0.1) is 11.2 Å². The predicted molar refractivity (Wildman–Crippen MR) is 232 cm³/mol. The first-order valence-corrected chi connectivity index (χ1v) is 20.1. The van der Waals surface area contributed by atoms with Crippen LogP contribution < -0.4 is 5.46 Å². The van der Waals surface area contributed by atoms with E-state index in [-0.39, 0.29) is 18.3 Å². The maximum Gasteiger partial charge on any atom is 0.495 e. The fourth-order valence-corrected chi connectivity index (χ4v) is 10.9. The highest BCUT2D eigenvalue weighted by molar-refractivity contribution is 9.10. The normalized spacial score (nSPS) is 15.5. The van der Waals surface area contributed by atoms with Gasteiger partial charge in [0.15, 0.2) is 0 Å². The van der Waals surface area contributed by atoms with Crippen LogP contribution in [0.5, 0.6) is 0 Å². The van der Waals surface area contributed by atoms with E-state index < -0.39 is 0 Å². The first-order chi connectivity index (χ1) is 25.2. The molecule has 0 spiro atoms. The molecule has 0 saturated carbocycles. The highest BCUT2D eigenvalue weighted by atomic mass is 79.9. The van der Waals surface area contributed by atoms with Gasteiger partial charge in [-0.3, -0.25) is 0 Å². The van der Waals surface area contributed by atoms with E-state index in [4.69, 9.17) is 9.31 Å². The average molecular weight is 774 g/mol. The molecule has 0 amide bonds. The Bertz CT molecular complexity index is 3050. The molecule has 3 heterocycles. The molecule has 52 heavy (non-hydrogen) atoms. The number of halogens is 1. The number of hydrogen-bond acceptors (Lipinski definition) is 4. The lowest BCUT2D eigenvalue weighted by molar-refractivity contribution is 0.00578. The smallest absolute Gasteiger partial charge is 0.399 e. The Labute approximate surface area is 318 Å². The minimum absolute atomic E-state index is 0.352. The van der Waals surface area contributed by atoms with Gasteiger partial charge < -0.3 is 9.31 Å². The third-order valence-corrected chi connectivity index (χ3v) is 14.4. The van der Waals surface area contributed by atoms with Crippen molar-refractivity contribution in [3.63, 3.8) is 0 Å². The predicted octanol–water partition coefficient (Wildman–Crippen LogP) is 13.8. The van der Waals surface area contributed by atoms with Gasteiger partial charge in [0, 0.05) is 55.6 Å². The number of rotatable bonds is 1. The summed E-state index contributed by atoms with van der Waals surface area (Å²) in [5, 5.41) is 15.7. The molecule has 0 atom stereocenters. The standard InChI is InChI=1S/C26H23BO2S.C20H11BrS/c1-25(2)26(3,4)29-27(28-25)21-10-7-9-19-17(21)14-12-16-13-15-20-18-8-5-6-11-22(18)30-24(20)23(16)19;21-17-6-3-5-15-13(17)10-8-12-9-11-16-14-4-1-2-7-18(14)22-20(16)19(12)15/h5-15H,1-4H3;1-11H. The van der Waals surface area contributed by atoms with Crippen molar-refractivity contribution in [1.82, 2.24) is 0 Å². The zero-order chi connectivity index (χ0) is 35.4. The maximum atomic E-state index is 6.39. The fourth-order valence-electron chi connectivity index (χ4n) is 7.87. The van der Waals surface area contributed by atoms with Gasteiger partial charge in [0.2, 0.25) is 0 Å². The molecule has 0 bridgehead atoms. The fraction of sp³-hybridized carbons (Fsp3) is 0.130. The number of benzene rings is 8. The lowest BCUT2D eigenvalue weighted by atomic mass is 9.75. The largest absolute Gasteiger partial charge is 0.495 e. The third kappa shape index (κ3) is 4.89. The van der Waals surface area contributed by atoms with E-state index in [9.17, 15) is 0 Å². The van der Waals surface area contributed by atoms with Crippen LogP contribution in [-0.4, -0.2) is 18.3 Å². The van der Waals surface area contributed by atoms with Crippen molar-refractivity contribution in [2.75, 3.05) is 0 Å². The zero-order valence-electron chi connectivity index (χ0n) is 29.3. The summed E-state index contributed by atoms with van der Waals surface area (Å²) in [4.78, 5) is 0. The van der Waals surface area contributed by atoms with Gasteiger partial charge >= 0.3 is 7.12 Å². The molecule has 2 nitrogen and oxygen atoms in total.